The van der Waals surface area contributed by atoms with Gasteiger partial charge in [-0.3, -0.25) is 4.79 Å². The van der Waals surface area contributed by atoms with Gasteiger partial charge in [-0.1, -0.05) is 0 Å². The summed E-state index contributed by atoms with van der Waals surface area (Å²) >= 11 is 0. The SMILES string of the molecule is [B]C([B])([B])C(NC1CCC(C(=O)Nc2cc3nc(-c4cnc(C)o4)ccc3cn2)CC1)C([B])([B])[B]. The summed E-state index contributed by atoms with van der Waals surface area (Å²) in [5, 5.41) is 3.52. The third-order valence-corrected chi connectivity index (χ3v) is 6.20. The number of amides is 1. The van der Waals surface area contributed by atoms with Gasteiger partial charge in [0.25, 0.3) is 0 Å². The zero-order chi connectivity index (χ0) is 25.4. The molecule has 35 heavy (non-hydrogen) atoms. The number of fused-ring (bicyclic) bond motifs is 1. The first-order valence-electron chi connectivity index (χ1n) is 11.4. The van der Waals surface area contributed by atoms with Gasteiger partial charge in [-0.05, 0) is 43.9 Å². The molecule has 0 unspecified atom stereocenters. The minimum absolute atomic E-state index is 0.0322. The Labute approximate surface area is 213 Å². The van der Waals surface area contributed by atoms with E-state index in [1.807, 2.05) is 12.1 Å². The summed E-state index contributed by atoms with van der Waals surface area (Å²) in [6.07, 6.45) is 5.92. The molecule has 0 saturated heterocycles. The monoisotopic (exact) mass is 453 g/mol. The van der Waals surface area contributed by atoms with Crippen LogP contribution < -0.4 is 10.6 Å². The molecule has 1 saturated carbocycles. The molecule has 13 heteroatoms. The number of nitrogens with zero attached hydrogens (tertiary/aromatic N) is 3. The number of pyridine rings is 2. The lowest BCUT2D eigenvalue weighted by molar-refractivity contribution is -0.120. The highest BCUT2D eigenvalue weighted by Crippen LogP contribution is 2.34. The topological polar surface area (TPSA) is 92.9 Å². The van der Waals surface area contributed by atoms with Gasteiger partial charge in [-0.15, -0.1) is 10.2 Å². The van der Waals surface area contributed by atoms with E-state index in [9.17, 15) is 4.79 Å². The third-order valence-electron chi connectivity index (χ3n) is 6.20. The predicted molar refractivity (Wildman–Crippen MR) is 141 cm³/mol. The molecule has 12 radical (unpaired) electrons. The average Bonchev–Trinajstić information content (AvgIpc) is 3.22. The molecular weight excluding hydrogens is 431 g/mol. The van der Waals surface area contributed by atoms with E-state index in [1.165, 1.54) is 0 Å². The molecule has 1 aliphatic rings. The van der Waals surface area contributed by atoms with Gasteiger partial charge in [0.05, 0.1) is 58.8 Å². The molecule has 0 bridgehead atoms. The van der Waals surface area contributed by atoms with Crippen molar-refractivity contribution in [3.8, 4) is 11.5 Å². The largest absolute Gasteiger partial charge is 0.439 e. The van der Waals surface area contributed by atoms with Crippen molar-refractivity contribution >= 4 is 69.7 Å². The number of nitrogens with one attached hydrogen (secondary N) is 2. The first kappa shape index (κ1) is 25.7. The molecule has 3 heterocycles. The highest BCUT2D eigenvalue weighted by molar-refractivity contribution is 6.64. The highest BCUT2D eigenvalue weighted by Gasteiger charge is 2.35. The van der Waals surface area contributed by atoms with Gasteiger partial charge < -0.3 is 15.1 Å². The number of carbonyl (C=O) groups excluding carboxylic acids is 1. The second-order valence-electron chi connectivity index (χ2n) is 9.34. The summed E-state index contributed by atoms with van der Waals surface area (Å²) < 4.78 is 5.56. The normalized spacial score (nSPS) is 19.1. The van der Waals surface area contributed by atoms with E-state index in [2.05, 4.69) is 25.6 Å². The third kappa shape index (κ3) is 6.24. The first-order valence-corrected chi connectivity index (χ1v) is 11.4. The van der Waals surface area contributed by atoms with E-state index in [4.69, 9.17) is 51.5 Å². The Kier molecular flexibility index (Phi) is 7.28. The van der Waals surface area contributed by atoms with Crippen LogP contribution in [0.2, 0.25) is 10.2 Å². The zero-order valence-electron chi connectivity index (χ0n) is 19.6. The lowest BCUT2D eigenvalue weighted by Gasteiger charge is -2.47. The molecule has 3 aromatic rings. The van der Waals surface area contributed by atoms with Crippen LogP contribution in [0.25, 0.3) is 22.4 Å². The Balaban J connectivity index is 1.38. The van der Waals surface area contributed by atoms with Crippen molar-refractivity contribution in [1.82, 2.24) is 20.3 Å². The van der Waals surface area contributed by atoms with Crippen molar-refractivity contribution in [2.75, 3.05) is 5.32 Å². The van der Waals surface area contributed by atoms with Gasteiger partial charge >= 0.3 is 0 Å². The molecule has 7 nitrogen and oxygen atoms in total. The molecule has 4 rings (SSSR count). The van der Waals surface area contributed by atoms with Crippen LogP contribution in [0.15, 0.2) is 35.0 Å². The standard InChI is InChI=1S/C22H21B6N5O2/c1-11-29-10-17(35-11)15-7-4-13-9-30-18(8-16(13)32-15)33-19(34)12-2-5-14(6-3-12)31-20(21(23,24)25)22(26,27)28/h4,7-10,12,14,20,31H,2-3,5-6H2,1H3,(H,30,33,34). The van der Waals surface area contributed by atoms with E-state index in [-0.39, 0.29) is 17.9 Å². The number of carbonyl (C=O) groups is 1. The Morgan fingerprint density at radius 1 is 1.03 bits per heavy atom. The maximum Gasteiger partial charge on any atom is 0.228 e. The van der Waals surface area contributed by atoms with Crippen LogP contribution in [0.4, 0.5) is 5.82 Å². The van der Waals surface area contributed by atoms with Crippen LogP contribution >= 0.6 is 0 Å². The molecule has 1 amide bonds. The van der Waals surface area contributed by atoms with E-state index < -0.39 is 16.3 Å². The van der Waals surface area contributed by atoms with Crippen molar-refractivity contribution in [3.05, 3.63) is 36.5 Å². The van der Waals surface area contributed by atoms with E-state index in [0.717, 1.165) is 5.39 Å². The summed E-state index contributed by atoms with van der Waals surface area (Å²) in [5.41, 5.74) is 1.34. The molecule has 0 aromatic carbocycles. The van der Waals surface area contributed by atoms with Gasteiger partial charge in [-0.2, -0.15) is 0 Å². The summed E-state index contributed by atoms with van der Waals surface area (Å²) in [5.74, 6) is 1.28. The molecule has 2 N–H and O–H groups in total. The Bertz CT molecular complexity index is 1190. The van der Waals surface area contributed by atoms with Crippen LogP contribution in [0.1, 0.15) is 31.6 Å². The lowest BCUT2D eigenvalue weighted by atomic mass is 9.27. The number of oxazole rings is 1. The second kappa shape index (κ2) is 9.92. The van der Waals surface area contributed by atoms with E-state index in [1.54, 1.807) is 25.4 Å². The van der Waals surface area contributed by atoms with Crippen LogP contribution in [-0.2, 0) is 4.79 Å². The highest BCUT2D eigenvalue weighted by atomic mass is 16.4. The molecule has 0 atom stereocenters. The van der Waals surface area contributed by atoms with Crippen LogP contribution in [-0.4, -0.2) is 80.0 Å². The van der Waals surface area contributed by atoms with Crippen LogP contribution in [0.3, 0.4) is 0 Å². The minimum Gasteiger partial charge on any atom is -0.439 e. The summed E-state index contributed by atoms with van der Waals surface area (Å²) in [4.78, 5) is 26.0. The molecule has 0 spiro atoms. The smallest absolute Gasteiger partial charge is 0.228 e. The molecule has 1 aliphatic carbocycles. The number of hydrogen-bond donors (Lipinski definition) is 2. The van der Waals surface area contributed by atoms with Crippen LogP contribution in [0, 0.1) is 12.8 Å². The predicted octanol–water partition coefficient (Wildman–Crippen LogP) is 1.21. The summed E-state index contributed by atoms with van der Waals surface area (Å²) in [6, 6.07) is 4.52. The Hall–Kier alpha value is -2.41. The van der Waals surface area contributed by atoms with Crippen molar-refractivity contribution < 1.29 is 9.21 Å². The van der Waals surface area contributed by atoms with Crippen molar-refractivity contribution in [3.63, 3.8) is 0 Å². The number of hydrogen-bond acceptors (Lipinski definition) is 6. The fraction of sp³-hybridized carbons (Fsp3) is 0.455. The molecule has 0 aliphatic heterocycles. The molecule has 3 aromatic heterocycles. The molecular formula is C22H21B6N5O2. The minimum atomic E-state index is -1.70. The fourth-order valence-electron chi connectivity index (χ4n) is 4.41. The fourth-order valence-corrected chi connectivity index (χ4v) is 4.41. The van der Waals surface area contributed by atoms with Gasteiger partial charge in [0.15, 0.2) is 11.7 Å². The van der Waals surface area contributed by atoms with Crippen molar-refractivity contribution in [2.45, 2.75) is 54.9 Å². The number of aryl methyl sites for hydroxylation is 1. The van der Waals surface area contributed by atoms with Gasteiger partial charge in [0.2, 0.25) is 5.91 Å². The van der Waals surface area contributed by atoms with Gasteiger partial charge in [0, 0.05) is 36.5 Å². The Morgan fingerprint density at radius 3 is 2.31 bits per heavy atom. The quantitative estimate of drug-likeness (QED) is 0.524. The van der Waals surface area contributed by atoms with Gasteiger partial charge in [-0.25, -0.2) is 15.0 Å². The van der Waals surface area contributed by atoms with Crippen molar-refractivity contribution in [2.24, 2.45) is 5.92 Å². The number of anilines is 1. The number of rotatable bonds is 7. The first-order chi connectivity index (χ1) is 16.4. The Morgan fingerprint density at radius 2 is 1.71 bits per heavy atom. The maximum atomic E-state index is 12.9. The maximum absolute atomic E-state index is 12.9. The second-order valence-corrected chi connectivity index (χ2v) is 9.34. The van der Waals surface area contributed by atoms with Gasteiger partial charge in [0.1, 0.15) is 11.5 Å². The lowest BCUT2D eigenvalue weighted by Crippen LogP contribution is -2.55. The summed E-state index contributed by atoms with van der Waals surface area (Å²) in [7, 11) is 34.8. The van der Waals surface area contributed by atoms with E-state index in [0.29, 0.717) is 54.4 Å². The molecule has 164 valence electrons. The molecule has 1 fully saturated rings. The van der Waals surface area contributed by atoms with Crippen LogP contribution in [0.5, 0.6) is 0 Å². The average molecular weight is 452 g/mol. The summed E-state index contributed by atoms with van der Waals surface area (Å²) in [6.45, 7) is 1.77. The number of aromatic nitrogens is 3. The van der Waals surface area contributed by atoms with Crippen molar-refractivity contribution in [1.29, 1.82) is 0 Å². The van der Waals surface area contributed by atoms with E-state index >= 15 is 0 Å². The zero-order valence-corrected chi connectivity index (χ0v) is 19.6.